The summed E-state index contributed by atoms with van der Waals surface area (Å²) in [6, 6.07) is 13.2. The summed E-state index contributed by atoms with van der Waals surface area (Å²) in [5, 5.41) is 0.866. The highest BCUT2D eigenvalue weighted by Gasteiger charge is 2.24. The monoisotopic (exact) mass is 443 g/mol. The number of esters is 1. The van der Waals surface area contributed by atoms with E-state index in [2.05, 4.69) is 4.90 Å². The molecule has 1 aliphatic heterocycles. The third kappa shape index (κ3) is 4.57. The number of hydrogen-bond donors (Lipinski definition) is 0. The molecule has 0 spiro atoms. The van der Waals surface area contributed by atoms with Crippen LogP contribution in [0, 0.1) is 0 Å². The van der Waals surface area contributed by atoms with Crippen LogP contribution in [0.25, 0.3) is 10.9 Å². The first-order valence-electron chi connectivity index (χ1n) is 9.81. The lowest BCUT2D eigenvalue weighted by Gasteiger charge is -2.20. The molecule has 3 heterocycles. The predicted molar refractivity (Wildman–Crippen MR) is 119 cm³/mol. The van der Waals surface area contributed by atoms with Crippen LogP contribution in [-0.2, 0) is 16.1 Å². The molecule has 156 valence electrons. The minimum Gasteiger partial charge on any atom is -0.452 e. The number of nitrogens with zero attached hydrogens (tertiary/aromatic N) is 3. The summed E-state index contributed by atoms with van der Waals surface area (Å²) in [4.78, 5) is 34.6. The minimum absolute atomic E-state index is 0.274. The van der Waals surface area contributed by atoms with E-state index < -0.39 is 5.97 Å². The quantitative estimate of drug-likeness (QED) is 0.529. The Balaban J connectivity index is 1.48. The van der Waals surface area contributed by atoms with Gasteiger partial charge in [-0.3, -0.25) is 4.79 Å². The average Bonchev–Trinajstić information content (AvgIpc) is 3.42. The number of amides is 1. The number of hydrogen-bond acceptors (Lipinski definition) is 6. The summed E-state index contributed by atoms with van der Waals surface area (Å²) in [5.41, 5.74) is 1.23. The van der Waals surface area contributed by atoms with Gasteiger partial charge in [0.05, 0.1) is 16.4 Å². The van der Waals surface area contributed by atoms with Gasteiger partial charge in [-0.2, -0.15) is 0 Å². The molecule has 2 aromatic heterocycles. The van der Waals surface area contributed by atoms with Gasteiger partial charge in [-0.25, -0.2) is 9.78 Å². The molecule has 3 aromatic rings. The van der Waals surface area contributed by atoms with Gasteiger partial charge in [-0.1, -0.05) is 29.8 Å². The van der Waals surface area contributed by atoms with Gasteiger partial charge in [0.1, 0.15) is 11.4 Å². The van der Waals surface area contributed by atoms with Crippen LogP contribution in [0.15, 0.2) is 42.5 Å². The van der Waals surface area contributed by atoms with Gasteiger partial charge in [0.2, 0.25) is 0 Å². The number of para-hydroxylation sites is 1. The van der Waals surface area contributed by atoms with Crippen molar-refractivity contribution in [2.75, 3.05) is 31.6 Å². The van der Waals surface area contributed by atoms with Crippen molar-refractivity contribution in [3.8, 4) is 0 Å². The number of fused-ring (bicyclic) bond motifs is 1. The fourth-order valence-corrected chi connectivity index (χ4v) is 4.64. The number of carbonyl (C=O) groups is 2. The number of thiophene rings is 1. The molecule has 6 nitrogen and oxygen atoms in total. The zero-order chi connectivity index (χ0) is 21.1. The average molecular weight is 444 g/mol. The molecular formula is C22H22ClN3O3S. The predicted octanol–water partition coefficient (Wildman–Crippen LogP) is 4.37. The number of aromatic nitrogens is 1. The third-order valence-electron chi connectivity index (χ3n) is 5.10. The van der Waals surface area contributed by atoms with Gasteiger partial charge in [0.15, 0.2) is 6.61 Å². The molecule has 8 heteroatoms. The molecule has 1 fully saturated rings. The number of benzene rings is 1. The number of anilines is 1. The summed E-state index contributed by atoms with van der Waals surface area (Å²) < 4.78 is 6.06. The third-order valence-corrected chi connectivity index (χ3v) is 6.32. The smallest absolute Gasteiger partial charge is 0.342 e. The number of likely N-dealkylation sites (N-methyl/N-ethyl adjacent to an activating group) is 1. The lowest BCUT2D eigenvalue weighted by Crippen LogP contribution is -2.31. The number of ether oxygens (including phenoxy) is 1. The SMILES string of the molecule is CN(Cc1ccc(Cl)s1)C(=O)COC(=O)c1cc2ccccc2nc1N1CCCC1. The first kappa shape index (κ1) is 20.6. The van der Waals surface area contributed by atoms with E-state index in [4.69, 9.17) is 21.3 Å². The zero-order valence-electron chi connectivity index (χ0n) is 16.6. The Kier molecular flexibility index (Phi) is 6.20. The second-order valence-corrected chi connectivity index (χ2v) is 9.08. The van der Waals surface area contributed by atoms with Crippen molar-refractivity contribution >= 4 is 51.5 Å². The first-order chi connectivity index (χ1) is 14.5. The highest BCUT2D eigenvalue weighted by Crippen LogP contribution is 2.27. The van der Waals surface area contributed by atoms with Crippen molar-refractivity contribution in [1.82, 2.24) is 9.88 Å². The number of halogens is 1. The second kappa shape index (κ2) is 9.02. The number of rotatable bonds is 6. The molecule has 0 atom stereocenters. The highest BCUT2D eigenvalue weighted by atomic mass is 35.5. The van der Waals surface area contributed by atoms with Crippen molar-refractivity contribution in [2.24, 2.45) is 0 Å². The van der Waals surface area contributed by atoms with E-state index in [1.54, 1.807) is 19.2 Å². The molecule has 0 saturated carbocycles. The number of pyridine rings is 1. The Morgan fingerprint density at radius 1 is 1.20 bits per heavy atom. The molecule has 0 radical (unpaired) electrons. The van der Waals surface area contributed by atoms with Gasteiger partial charge in [-0.15, -0.1) is 11.3 Å². The Morgan fingerprint density at radius 3 is 2.70 bits per heavy atom. The molecule has 1 aliphatic rings. The molecule has 30 heavy (non-hydrogen) atoms. The van der Waals surface area contributed by atoms with Crippen LogP contribution < -0.4 is 4.90 Å². The van der Waals surface area contributed by atoms with E-state index in [9.17, 15) is 9.59 Å². The van der Waals surface area contributed by atoms with Crippen molar-refractivity contribution in [1.29, 1.82) is 0 Å². The molecular weight excluding hydrogens is 422 g/mol. The van der Waals surface area contributed by atoms with E-state index in [1.165, 1.54) is 16.2 Å². The van der Waals surface area contributed by atoms with E-state index >= 15 is 0 Å². The van der Waals surface area contributed by atoms with Crippen LogP contribution in [0.3, 0.4) is 0 Å². The van der Waals surface area contributed by atoms with E-state index in [0.29, 0.717) is 22.3 Å². The van der Waals surface area contributed by atoms with Crippen molar-refractivity contribution < 1.29 is 14.3 Å². The number of carbonyl (C=O) groups excluding carboxylic acids is 2. The zero-order valence-corrected chi connectivity index (χ0v) is 18.2. The minimum atomic E-state index is -0.531. The van der Waals surface area contributed by atoms with Crippen LogP contribution in [0.5, 0.6) is 0 Å². The fourth-order valence-electron chi connectivity index (χ4n) is 3.50. The van der Waals surface area contributed by atoms with Crippen LogP contribution in [-0.4, -0.2) is 48.5 Å². The molecule has 1 amide bonds. The van der Waals surface area contributed by atoms with Crippen LogP contribution >= 0.6 is 22.9 Å². The first-order valence-corrected chi connectivity index (χ1v) is 11.0. The Morgan fingerprint density at radius 2 is 1.97 bits per heavy atom. The molecule has 0 bridgehead atoms. The summed E-state index contributed by atoms with van der Waals surface area (Å²) >= 11 is 7.36. The molecule has 1 aromatic carbocycles. The van der Waals surface area contributed by atoms with Gasteiger partial charge >= 0.3 is 5.97 Å². The maximum Gasteiger partial charge on any atom is 0.342 e. The van der Waals surface area contributed by atoms with Crippen molar-refractivity contribution in [3.63, 3.8) is 0 Å². The molecule has 1 saturated heterocycles. The van der Waals surface area contributed by atoms with Gasteiger partial charge in [0, 0.05) is 30.4 Å². The largest absolute Gasteiger partial charge is 0.452 e. The molecule has 0 aliphatic carbocycles. The van der Waals surface area contributed by atoms with E-state index in [-0.39, 0.29) is 12.5 Å². The molecule has 0 unspecified atom stereocenters. The van der Waals surface area contributed by atoms with Crippen LogP contribution in [0.1, 0.15) is 28.1 Å². The van der Waals surface area contributed by atoms with Gasteiger partial charge in [-0.05, 0) is 37.1 Å². The topological polar surface area (TPSA) is 62.7 Å². The second-order valence-electron chi connectivity index (χ2n) is 7.28. The molecule has 4 rings (SSSR count). The lowest BCUT2D eigenvalue weighted by molar-refractivity contribution is -0.133. The normalized spacial score (nSPS) is 13.6. The summed E-state index contributed by atoms with van der Waals surface area (Å²) in [5.74, 6) is -0.175. The Labute approximate surface area is 184 Å². The van der Waals surface area contributed by atoms with Gasteiger partial charge < -0.3 is 14.5 Å². The van der Waals surface area contributed by atoms with E-state index in [1.807, 2.05) is 30.3 Å². The van der Waals surface area contributed by atoms with Crippen LogP contribution in [0.2, 0.25) is 4.34 Å². The van der Waals surface area contributed by atoms with E-state index in [0.717, 1.165) is 41.7 Å². The maximum atomic E-state index is 12.9. The standard InChI is InChI=1S/C22H22ClN3O3S/c1-25(13-16-8-9-19(23)30-16)20(27)14-29-22(28)17-12-15-6-2-3-7-18(15)24-21(17)26-10-4-5-11-26/h2-3,6-9,12H,4-5,10-11,13-14H2,1H3. The Hall–Kier alpha value is -2.64. The van der Waals surface area contributed by atoms with Crippen LogP contribution in [0.4, 0.5) is 5.82 Å². The molecule has 0 N–H and O–H groups in total. The summed E-state index contributed by atoms with van der Waals surface area (Å²) in [6.45, 7) is 1.82. The fraction of sp³-hybridized carbons (Fsp3) is 0.318. The summed E-state index contributed by atoms with van der Waals surface area (Å²) in [7, 11) is 1.68. The highest BCUT2D eigenvalue weighted by molar-refractivity contribution is 7.16. The van der Waals surface area contributed by atoms with Gasteiger partial charge in [0.25, 0.3) is 5.91 Å². The summed E-state index contributed by atoms with van der Waals surface area (Å²) in [6.07, 6.45) is 2.14. The van der Waals surface area contributed by atoms with Crippen molar-refractivity contribution in [2.45, 2.75) is 19.4 Å². The van der Waals surface area contributed by atoms with Crippen molar-refractivity contribution in [3.05, 3.63) is 57.2 Å². The maximum absolute atomic E-state index is 12.9. The lowest BCUT2D eigenvalue weighted by atomic mass is 10.1. The Bertz CT molecular complexity index is 1080.